The molecule has 1 fully saturated rings. The molecule has 0 spiro atoms. The van der Waals surface area contributed by atoms with Gasteiger partial charge in [0.2, 0.25) is 11.8 Å². The lowest BCUT2D eigenvalue weighted by molar-refractivity contribution is -0.143. The molecule has 7 heteroatoms. The molecule has 1 saturated heterocycles. The number of hydrogen-bond acceptors (Lipinski definition) is 5. The highest BCUT2D eigenvalue weighted by Crippen LogP contribution is 2.26. The molecule has 134 valence electrons. The Labute approximate surface area is 156 Å². The van der Waals surface area contributed by atoms with Gasteiger partial charge in [-0.15, -0.1) is 23.1 Å². The first-order valence-electron chi connectivity index (χ1n) is 8.56. The number of benzene rings is 1. The van der Waals surface area contributed by atoms with E-state index in [9.17, 15) is 9.59 Å². The van der Waals surface area contributed by atoms with Crippen LogP contribution in [0.4, 0.5) is 0 Å². The fourth-order valence-electron chi connectivity index (χ4n) is 2.89. The maximum absolute atomic E-state index is 12.8. The summed E-state index contributed by atoms with van der Waals surface area (Å²) in [6.45, 7) is 2.55. The van der Waals surface area contributed by atoms with Crippen molar-refractivity contribution in [2.75, 3.05) is 18.7 Å². The van der Waals surface area contributed by atoms with Gasteiger partial charge in [0.05, 0.1) is 22.6 Å². The highest BCUT2D eigenvalue weighted by molar-refractivity contribution is 7.99. The van der Waals surface area contributed by atoms with Gasteiger partial charge in [-0.25, -0.2) is 4.98 Å². The van der Waals surface area contributed by atoms with Crippen LogP contribution in [0.15, 0.2) is 24.3 Å². The lowest BCUT2D eigenvalue weighted by Crippen LogP contribution is -2.47. The molecule has 0 unspecified atom stereocenters. The first-order chi connectivity index (χ1) is 12.1. The molecule has 1 aliphatic rings. The van der Waals surface area contributed by atoms with E-state index in [-0.39, 0.29) is 17.9 Å². The van der Waals surface area contributed by atoms with Crippen LogP contribution >= 0.6 is 23.1 Å². The third kappa shape index (κ3) is 4.15. The van der Waals surface area contributed by atoms with E-state index >= 15 is 0 Å². The van der Waals surface area contributed by atoms with Crippen molar-refractivity contribution in [1.29, 1.82) is 0 Å². The first-order valence-corrected chi connectivity index (χ1v) is 10.5. The Bertz CT molecular complexity index is 729. The van der Waals surface area contributed by atoms with Gasteiger partial charge in [0.15, 0.2) is 0 Å². The molecule has 1 aliphatic heterocycles. The van der Waals surface area contributed by atoms with Gasteiger partial charge in [0.25, 0.3) is 0 Å². The van der Waals surface area contributed by atoms with Crippen molar-refractivity contribution >= 4 is 45.1 Å². The minimum atomic E-state index is -0.339. The number of amides is 2. The van der Waals surface area contributed by atoms with Crippen molar-refractivity contribution in [3.05, 3.63) is 29.3 Å². The van der Waals surface area contributed by atoms with E-state index in [2.05, 4.69) is 11.9 Å². The van der Waals surface area contributed by atoms with E-state index in [0.29, 0.717) is 24.6 Å². The lowest BCUT2D eigenvalue weighted by Gasteiger charge is -2.27. The number of thiazole rings is 1. The van der Waals surface area contributed by atoms with Crippen LogP contribution in [0.3, 0.4) is 0 Å². The van der Waals surface area contributed by atoms with Crippen LogP contribution in [-0.2, 0) is 16.1 Å². The van der Waals surface area contributed by atoms with Crippen LogP contribution < -0.4 is 0 Å². The average molecular weight is 378 g/mol. The largest absolute Gasteiger partial charge is 0.337 e. The molecule has 2 amide bonds. The summed E-state index contributed by atoms with van der Waals surface area (Å²) in [6, 6.07) is 7.65. The van der Waals surface area contributed by atoms with Gasteiger partial charge in [-0.2, -0.15) is 0 Å². The number of likely N-dealkylation sites (N-methyl/N-ethyl adjacent to an activating group) is 1. The number of para-hydroxylation sites is 1. The van der Waals surface area contributed by atoms with Crippen molar-refractivity contribution in [2.24, 2.45) is 0 Å². The number of fused-ring (bicyclic) bond motifs is 1. The van der Waals surface area contributed by atoms with Crippen molar-refractivity contribution in [3.63, 3.8) is 0 Å². The smallest absolute Gasteiger partial charge is 0.246 e. The van der Waals surface area contributed by atoms with E-state index in [1.54, 1.807) is 39.9 Å². The highest BCUT2D eigenvalue weighted by Gasteiger charge is 2.35. The molecule has 0 aliphatic carbocycles. The molecule has 3 rings (SSSR count). The second-order valence-electron chi connectivity index (χ2n) is 6.25. The Morgan fingerprint density at radius 3 is 2.92 bits per heavy atom. The van der Waals surface area contributed by atoms with Crippen LogP contribution in [0.1, 0.15) is 31.2 Å². The average Bonchev–Trinajstić information content (AvgIpc) is 3.25. The van der Waals surface area contributed by atoms with Crippen LogP contribution in [0.5, 0.6) is 0 Å². The molecule has 1 atom stereocenters. The summed E-state index contributed by atoms with van der Waals surface area (Å²) >= 11 is 3.27. The first kappa shape index (κ1) is 18.2. The maximum Gasteiger partial charge on any atom is 0.246 e. The summed E-state index contributed by atoms with van der Waals surface area (Å²) < 4.78 is 1.13. The minimum Gasteiger partial charge on any atom is -0.337 e. The third-order valence-corrected chi connectivity index (χ3v) is 6.35. The molecular weight excluding hydrogens is 354 g/mol. The van der Waals surface area contributed by atoms with Crippen LogP contribution in [0, 0.1) is 0 Å². The van der Waals surface area contributed by atoms with E-state index in [4.69, 9.17) is 0 Å². The molecule has 0 N–H and O–H groups in total. The lowest BCUT2D eigenvalue weighted by atomic mass is 10.2. The maximum atomic E-state index is 12.8. The molecule has 0 saturated carbocycles. The Hall–Kier alpha value is -1.60. The highest BCUT2D eigenvalue weighted by atomic mass is 32.2. The van der Waals surface area contributed by atoms with Gasteiger partial charge >= 0.3 is 0 Å². The number of unbranched alkanes of at least 4 members (excludes halogenated alkanes) is 1. The summed E-state index contributed by atoms with van der Waals surface area (Å²) in [6.07, 6.45) is 2.40. The molecule has 0 radical (unpaired) electrons. The van der Waals surface area contributed by atoms with Gasteiger partial charge in [0, 0.05) is 19.2 Å². The number of aromatic nitrogens is 1. The zero-order valence-electron chi connectivity index (χ0n) is 14.6. The Balaban J connectivity index is 1.65. The fourth-order valence-corrected chi connectivity index (χ4v) is 5.08. The Kier molecular flexibility index (Phi) is 5.96. The second-order valence-corrected chi connectivity index (χ2v) is 8.37. The van der Waals surface area contributed by atoms with Gasteiger partial charge < -0.3 is 9.80 Å². The van der Waals surface area contributed by atoms with Gasteiger partial charge in [-0.05, 0) is 18.6 Å². The standard InChI is InChI=1S/C18H23N3O2S2/c1-3-4-9-17(22)21-12-24-11-14(21)18(23)20(2)10-16-19-13-7-5-6-8-15(13)25-16/h5-8,14H,3-4,9-12H2,1-2H3/t14-/m0/s1. The van der Waals surface area contributed by atoms with E-state index in [1.165, 1.54) is 0 Å². The number of carbonyl (C=O) groups excluding carboxylic acids is 2. The molecule has 0 bridgehead atoms. The van der Waals surface area contributed by atoms with E-state index in [1.807, 2.05) is 24.3 Å². The Morgan fingerprint density at radius 1 is 1.36 bits per heavy atom. The van der Waals surface area contributed by atoms with Crippen LogP contribution in [0.2, 0.25) is 0 Å². The number of hydrogen-bond donors (Lipinski definition) is 0. The molecular formula is C18H23N3O2S2. The number of carbonyl (C=O) groups is 2. The van der Waals surface area contributed by atoms with Crippen LogP contribution in [0.25, 0.3) is 10.2 Å². The monoisotopic (exact) mass is 377 g/mol. The van der Waals surface area contributed by atoms with Crippen LogP contribution in [-0.4, -0.2) is 51.3 Å². The quantitative estimate of drug-likeness (QED) is 0.775. The zero-order valence-corrected chi connectivity index (χ0v) is 16.2. The van der Waals surface area contributed by atoms with Crippen molar-refractivity contribution in [1.82, 2.24) is 14.8 Å². The predicted molar refractivity (Wildman–Crippen MR) is 104 cm³/mol. The van der Waals surface area contributed by atoms with Crippen molar-refractivity contribution < 1.29 is 9.59 Å². The van der Waals surface area contributed by atoms with Gasteiger partial charge in [0.1, 0.15) is 11.0 Å². The molecule has 1 aromatic carbocycles. The molecule has 2 heterocycles. The molecule has 1 aromatic heterocycles. The summed E-state index contributed by atoms with van der Waals surface area (Å²) in [4.78, 5) is 33.2. The van der Waals surface area contributed by atoms with Gasteiger partial charge in [-0.3, -0.25) is 9.59 Å². The van der Waals surface area contributed by atoms with Crippen molar-refractivity contribution in [2.45, 2.75) is 38.8 Å². The number of rotatable bonds is 6. The fraction of sp³-hybridized carbons (Fsp3) is 0.500. The summed E-state index contributed by atoms with van der Waals surface area (Å²) in [5.41, 5.74) is 0.969. The second kappa shape index (κ2) is 8.19. The molecule has 25 heavy (non-hydrogen) atoms. The van der Waals surface area contributed by atoms with Gasteiger partial charge in [-0.1, -0.05) is 25.5 Å². The summed E-state index contributed by atoms with van der Waals surface area (Å²) in [5.74, 6) is 1.40. The van der Waals surface area contributed by atoms with Crippen molar-refractivity contribution in [3.8, 4) is 0 Å². The normalized spacial score (nSPS) is 17.2. The predicted octanol–water partition coefficient (Wildman–Crippen LogP) is 3.35. The molecule has 2 aromatic rings. The minimum absolute atomic E-state index is 0.00843. The molecule has 5 nitrogen and oxygen atoms in total. The summed E-state index contributed by atoms with van der Waals surface area (Å²) in [7, 11) is 1.80. The number of thioether (sulfide) groups is 1. The SMILES string of the molecule is CCCCC(=O)N1CSC[C@H]1C(=O)N(C)Cc1nc2ccccc2s1. The van der Waals surface area contributed by atoms with E-state index in [0.717, 1.165) is 28.1 Å². The topological polar surface area (TPSA) is 53.5 Å². The Morgan fingerprint density at radius 2 is 2.16 bits per heavy atom. The zero-order chi connectivity index (χ0) is 17.8. The third-order valence-electron chi connectivity index (χ3n) is 4.32. The summed E-state index contributed by atoms with van der Waals surface area (Å²) in [5, 5.41) is 0.923. The van der Waals surface area contributed by atoms with E-state index < -0.39 is 0 Å². The number of nitrogens with zero attached hydrogens (tertiary/aromatic N) is 3.